The van der Waals surface area contributed by atoms with E-state index in [4.69, 9.17) is 23.7 Å². The molecule has 1 fully saturated rings. The molecule has 232 valence electrons. The van der Waals surface area contributed by atoms with E-state index < -0.39 is 0 Å². The molecule has 5 rings (SSSR count). The van der Waals surface area contributed by atoms with Crippen molar-refractivity contribution in [3.8, 4) is 23.0 Å². The van der Waals surface area contributed by atoms with Gasteiger partial charge in [-0.3, -0.25) is 9.69 Å². The van der Waals surface area contributed by atoms with Gasteiger partial charge in [-0.2, -0.15) is 0 Å². The average molecular weight is 599 g/mol. The minimum atomic E-state index is -0.237. The Morgan fingerprint density at radius 3 is 2.32 bits per heavy atom. The Morgan fingerprint density at radius 2 is 1.64 bits per heavy atom. The molecule has 44 heavy (non-hydrogen) atoms. The number of esters is 1. The zero-order valence-electron chi connectivity index (χ0n) is 26.5. The Balaban J connectivity index is 1.43. The van der Waals surface area contributed by atoms with E-state index in [9.17, 15) is 4.79 Å². The normalized spacial score (nSPS) is 17.9. The Kier molecular flexibility index (Phi) is 9.92. The van der Waals surface area contributed by atoms with Crippen molar-refractivity contribution in [2.75, 3.05) is 61.7 Å². The Hall–Kier alpha value is -4.27. The number of benzene rings is 3. The second-order valence-electron chi connectivity index (χ2n) is 11.4. The van der Waals surface area contributed by atoms with Crippen LogP contribution in [0, 0.1) is 0 Å². The predicted octanol–water partition coefficient (Wildman–Crippen LogP) is 5.80. The van der Waals surface area contributed by atoms with Crippen molar-refractivity contribution < 1.29 is 28.5 Å². The molecule has 1 saturated heterocycles. The molecule has 0 N–H and O–H groups in total. The summed E-state index contributed by atoms with van der Waals surface area (Å²) in [5.74, 6) is 2.19. The molecular weight excluding hydrogens is 556 g/mol. The zero-order valence-corrected chi connectivity index (χ0v) is 26.5. The second kappa shape index (κ2) is 14.0. The van der Waals surface area contributed by atoms with Crippen LogP contribution in [0.5, 0.6) is 23.0 Å². The van der Waals surface area contributed by atoms with E-state index in [1.807, 2.05) is 60.7 Å². The average Bonchev–Trinajstić information content (AvgIpc) is 3.29. The monoisotopic (exact) mass is 598 g/mol. The molecule has 2 aliphatic rings. The molecule has 1 atom stereocenters. The van der Waals surface area contributed by atoms with Crippen molar-refractivity contribution in [1.82, 2.24) is 9.80 Å². The summed E-state index contributed by atoms with van der Waals surface area (Å²) in [6, 6.07) is 20.0. The number of allylic oxidation sites excluding steroid dienone is 2. The van der Waals surface area contributed by atoms with Crippen molar-refractivity contribution >= 4 is 23.2 Å². The first-order valence-corrected chi connectivity index (χ1v) is 14.9. The smallest absolute Gasteiger partial charge is 0.310 e. The molecule has 1 aliphatic heterocycles. The topological polar surface area (TPSA) is 69.7 Å². The Labute approximate surface area is 260 Å². The lowest BCUT2D eigenvalue weighted by Gasteiger charge is -2.37. The fourth-order valence-corrected chi connectivity index (χ4v) is 5.80. The van der Waals surface area contributed by atoms with E-state index in [-0.39, 0.29) is 18.4 Å². The van der Waals surface area contributed by atoms with E-state index in [1.165, 1.54) is 0 Å². The number of piperazine rings is 1. The first-order valence-electron chi connectivity index (χ1n) is 14.9. The predicted molar refractivity (Wildman–Crippen MR) is 173 cm³/mol. The Bertz CT molecular complexity index is 1520. The SMILES string of the molecule is COc1ccc2c(c1)C(CC(=O)OCC1CN(C)CCN1C)=C(C)/C2=C/c1cc(OC)c(OCc2ccccc2)c(OC)c1. The molecule has 1 aliphatic carbocycles. The maximum absolute atomic E-state index is 13.2. The lowest BCUT2D eigenvalue weighted by atomic mass is 10.00. The zero-order chi connectivity index (χ0) is 31.2. The van der Waals surface area contributed by atoms with Crippen LogP contribution in [0.15, 0.2) is 66.2 Å². The van der Waals surface area contributed by atoms with Gasteiger partial charge in [-0.25, -0.2) is 0 Å². The lowest BCUT2D eigenvalue weighted by Crippen LogP contribution is -2.52. The first-order chi connectivity index (χ1) is 21.3. The van der Waals surface area contributed by atoms with Gasteiger partial charge in [0.1, 0.15) is 19.0 Å². The fraction of sp³-hybridized carbons (Fsp3) is 0.361. The highest BCUT2D eigenvalue weighted by atomic mass is 16.5. The molecular formula is C36H42N2O6. The number of hydrogen-bond donors (Lipinski definition) is 0. The quantitative estimate of drug-likeness (QED) is 0.257. The molecule has 0 saturated carbocycles. The summed E-state index contributed by atoms with van der Waals surface area (Å²) in [6.45, 7) is 5.66. The van der Waals surface area contributed by atoms with Gasteiger partial charge in [0.2, 0.25) is 5.75 Å². The van der Waals surface area contributed by atoms with Gasteiger partial charge in [-0.1, -0.05) is 36.4 Å². The molecule has 3 aromatic carbocycles. The van der Waals surface area contributed by atoms with E-state index in [0.29, 0.717) is 30.5 Å². The summed E-state index contributed by atoms with van der Waals surface area (Å²) in [5.41, 5.74) is 6.90. The van der Waals surface area contributed by atoms with Crippen molar-refractivity contribution in [3.63, 3.8) is 0 Å². The summed E-state index contributed by atoms with van der Waals surface area (Å²) in [6.07, 6.45) is 2.27. The van der Waals surface area contributed by atoms with Crippen LogP contribution in [-0.2, 0) is 16.1 Å². The molecule has 1 heterocycles. The molecule has 0 bridgehead atoms. The van der Waals surface area contributed by atoms with Crippen LogP contribution in [0.25, 0.3) is 17.2 Å². The number of hydrogen-bond acceptors (Lipinski definition) is 8. The number of ether oxygens (including phenoxy) is 5. The van der Waals surface area contributed by atoms with E-state index in [0.717, 1.165) is 64.4 Å². The summed E-state index contributed by atoms with van der Waals surface area (Å²) in [7, 11) is 9.08. The number of methoxy groups -OCH3 is 3. The highest BCUT2D eigenvalue weighted by molar-refractivity contribution is 6.08. The number of carbonyl (C=O) groups is 1. The highest BCUT2D eigenvalue weighted by Gasteiger charge is 2.28. The van der Waals surface area contributed by atoms with Crippen molar-refractivity contribution in [2.24, 2.45) is 0 Å². The minimum Gasteiger partial charge on any atom is -0.497 e. The molecule has 1 unspecified atom stereocenters. The van der Waals surface area contributed by atoms with Crippen LogP contribution in [0.1, 0.15) is 35.6 Å². The maximum Gasteiger partial charge on any atom is 0.310 e. The molecule has 0 radical (unpaired) electrons. The summed E-state index contributed by atoms with van der Waals surface area (Å²) in [5, 5.41) is 0. The van der Waals surface area contributed by atoms with Crippen LogP contribution in [0.2, 0.25) is 0 Å². The third kappa shape index (κ3) is 6.93. The van der Waals surface area contributed by atoms with Gasteiger partial charge in [0.05, 0.1) is 33.8 Å². The fourth-order valence-electron chi connectivity index (χ4n) is 5.80. The Morgan fingerprint density at radius 1 is 0.909 bits per heavy atom. The van der Waals surface area contributed by atoms with E-state index >= 15 is 0 Å². The third-order valence-corrected chi connectivity index (χ3v) is 8.46. The van der Waals surface area contributed by atoms with Gasteiger partial charge in [0.25, 0.3) is 0 Å². The van der Waals surface area contributed by atoms with Crippen molar-refractivity contribution in [3.05, 3.63) is 88.5 Å². The standard InChI is InChI=1S/C36H42N2O6/c1-24-30(16-26-17-33(41-5)36(34(18-26)42-6)44-22-25-10-8-7-9-11-25)29-13-12-28(40-4)19-32(29)31(24)20-35(39)43-23-27-21-37(2)14-15-38(27)3/h7-13,16-19,27H,14-15,20-23H2,1-6H3/b30-16-. The van der Waals surface area contributed by atoms with Crippen molar-refractivity contribution in [1.29, 1.82) is 0 Å². The summed E-state index contributed by atoms with van der Waals surface area (Å²) < 4.78 is 29.0. The minimum absolute atomic E-state index is 0.175. The lowest BCUT2D eigenvalue weighted by molar-refractivity contribution is -0.144. The number of carbonyl (C=O) groups excluding carboxylic acids is 1. The number of likely N-dealkylation sites (N-methyl/N-ethyl adjacent to an activating group) is 2. The third-order valence-electron chi connectivity index (χ3n) is 8.46. The van der Waals surface area contributed by atoms with Crippen LogP contribution in [0.3, 0.4) is 0 Å². The molecule has 0 amide bonds. The van der Waals surface area contributed by atoms with Crippen LogP contribution in [0.4, 0.5) is 0 Å². The molecule has 0 spiro atoms. The largest absolute Gasteiger partial charge is 0.497 e. The summed E-state index contributed by atoms with van der Waals surface area (Å²) in [4.78, 5) is 17.7. The number of nitrogens with zero attached hydrogens (tertiary/aromatic N) is 2. The summed E-state index contributed by atoms with van der Waals surface area (Å²) >= 11 is 0. The van der Waals surface area contributed by atoms with E-state index in [2.05, 4.69) is 36.9 Å². The van der Waals surface area contributed by atoms with Crippen LogP contribution >= 0.6 is 0 Å². The molecule has 0 aromatic heterocycles. The van der Waals surface area contributed by atoms with Gasteiger partial charge >= 0.3 is 5.97 Å². The number of rotatable bonds is 11. The second-order valence-corrected chi connectivity index (χ2v) is 11.4. The van der Waals surface area contributed by atoms with Crippen LogP contribution < -0.4 is 18.9 Å². The van der Waals surface area contributed by atoms with Gasteiger partial charge in [0, 0.05) is 19.6 Å². The van der Waals surface area contributed by atoms with Gasteiger partial charge in [0.15, 0.2) is 11.5 Å². The van der Waals surface area contributed by atoms with Gasteiger partial charge < -0.3 is 28.6 Å². The molecule has 3 aromatic rings. The van der Waals surface area contributed by atoms with Gasteiger partial charge in [-0.05, 0) is 90.3 Å². The van der Waals surface area contributed by atoms with Crippen LogP contribution in [-0.4, -0.2) is 83.5 Å². The van der Waals surface area contributed by atoms with Gasteiger partial charge in [-0.15, -0.1) is 0 Å². The first kappa shape index (κ1) is 31.2. The van der Waals surface area contributed by atoms with E-state index in [1.54, 1.807) is 21.3 Å². The molecule has 8 heteroatoms. The highest BCUT2D eigenvalue weighted by Crippen LogP contribution is 2.46. The van der Waals surface area contributed by atoms with Crippen molar-refractivity contribution in [2.45, 2.75) is 26.0 Å². The maximum atomic E-state index is 13.2. The molecule has 8 nitrogen and oxygen atoms in total. The number of fused-ring (bicyclic) bond motifs is 1.